The third-order valence-electron chi connectivity index (χ3n) is 3.87. The van der Waals surface area contributed by atoms with Crippen LogP contribution in [0.1, 0.15) is 58.8 Å². The summed E-state index contributed by atoms with van der Waals surface area (Å²) in [4.78, 5) is 2.76. The maximum Gasteiger partial charge on any atom is 0.00992 e. The van der Waals surface area contributed by atoms with Gasteiger partial charge in [0.25, 0.3) is 0 Å². The average molecular weight is 195 g/mol. The average Bonchev–Trinajstić information content (AvgIpc) is 2.99. The van der Waals surface area contributed by atoms with E-state index in [4.69, 9.17) is 0 Å². The lowest BCUT2D eigenvalue weighted by molar-refractivity contribution is 0.157. The summed E-state index contributed by atoms with van der Waals surface area (Å²) >= 11 is 0. The van der Waals surface area contributed by atoms with Crippen molar-refractivity contribution >= 4 is 0 Å². The van der Waals surface area contributed by atoms with Gasteiger partial charge in [0, 0.05) is 18.6 Å². The van der Waals surface area contributed by atoms with Crippen LogP contribution in [0.4, 0.5) is 0 Å². The third kappa shape index (κ3) is 2.73. The zero-order valence-electron chi connectivity index (χ0n) is 9.84. The smallest absolute Gasteiger partial charge is 0.00992 e. The van der Waals surface area contributed by atoms with Crippen molar-refractivity contribution in [3.05, 3.63) is 0 Å². The number of rotatable bonds is 4. The van der Waals surface area contributed by atoms with E-state index < -0.39 is 0 Å². The highest BCUT2D eigenvalue weighted by Crippen LogP contribution is 2.32. The largest absolute Gasteiger partial charge is 0.298 e. The fourth-order valence-corrected chi connectivity index (χ4v) is 2.86. The molecule has 14 heavy (non-hydrogen) atoms. The van der Waals surface area contributed by atoms with E-state index in [1.54, 1.807) is 0 Å². The molecule has 0 aromatic rings. The topological polar surface area (TPSA) is 3.24 Å². The Morgan fingerprint density at radius 1 is 1.00 bits per heavy atom. The van der Waals surface area contributed by atoms with Crippen molar-refractivity contribution in [3.63, 3.8) is 0 Å². The molecule has 2 rings (SSSR count). The molecule has 82 valence electrons. The molecule has 0 unspecified atom stereocenters. The molecule has 0 bridgehead atoms. The quantitative estimate of drug-likeness (QED) is 0.664. The summed E-state index contributed by atoms with van der Waals surface area (Å²) in [5.41, 5.74) is 0. The molecule has 2 fully saturated rings. The Balaban J connectivity index is 1.79. The van der Waals surface area contributed by atoms with Gasteiger partial charge in [-0.15, -0.1) is 0 Å². The molecule has 2 saturated carbocycles. The summed E-state index contributed by atoms with van der Waals surface area (Å²) in [7, 11) is 0. The molecule has 0 amide bonds. The highest BCUT2D eigenvalue weighted by atomic mass is 15.2. The Morgan fingerprint density at radius 2 is 1.64 bits per heavy atom. The van der Waals surface area contributed by atoms with Crippen LogP contribution in [0.25, 0.3) is 0 Å². The van der Waals surface area contributed by atoms with Gasteiger partial charge in [-0.3, -0.25) is 4.90 Å². The van der Waals surface area contributed by atoms with Gasteiger partial charge in [-0.05, 0) is 45.4 Å². The summed E-state index contributed by atoms with van der Waals surface area (Å²) in [6, 6.07) is 1.72. The molecular weight excluding hydrogens is 170 g/mol. The van der Waals surface area contributed by atoms with Crippen LogP contribution in [0.15, 0.2) is 0 Å². The van der Waals surface area contributed by atoms with Crippen molar-refractivity contribution in [2.24, 2.45) is 5.92 Å². The zero-order valence-corrected chi connectivity index (χ0v) is 9.84. The van der Waals surface area contributed by atoms with Gasteiger partial charge in [-0.1, -0.05) is 19.3 Å². The summed E-state index contributed by atoms with van der Waals surface area (Å²) in [6.45, 7) is 6.12. The van der Waals surface area contributed by atoms with E-state index in [1.807, 2.05) is 0 Å². The van der Waals surface area contributed by atoms with E-state index >= 15 is 0 Å². The number of hydrogen-bond acceptors (Lipinski definition) is 1. The SMILES string of the molecule is CC(C)N(CC1CCCCC1)C1CC1. The van der Waals surface area contributed by atoms with Crippen molar-refractivity contribution < 1.29 is 0 Å². The Hall–Kier alpha value is -0.0400. The molecule has 2 aliphatic carbocycles. The van der Waals surface area contributed by atoms with Crippen LogP contribution in [0.2, 0.25) is 0 Å². The summed E-state index contributed by atoms with van der Waals surface area (Å²) in [5, 5.41) is 0. The Bertz CT molecular complexity index is 164. The fourth-order valence-electron chi connectivity index (χ4n) is 2.86. The fraction of sp³-hybridized carbons (Fsp3) is 1.00. The third-order valence-corrected chi connectivity index (χ3v) is 3.87. The van der Waals surface area contributed by atoms with Gasteiger partial charge >= 0.3 is 0 Å². The van der Waals surface area contributed by atoms with Crippen LogP contribution in [0, 0.1) is 5.92 Å². The molecule has 0 spiro atoms. The van der Waals surface area contributed by atoms with E-state index in [0.717, 1.165) is 18.0 Å². The first-order valence-electron chi connectivity index (χ1n) is 6.53. The second-order valence-corrected chi connectivity index (χ2v) is 5.53. The first kappa shape index (κ1) is 10.5. The summed E-state index contributed by atoms with van der Waals surface area (Å²) in [6.07, 6.45) is 10.4. The lowest BCUT2D eigenvalue weighted by Gasteiger charge is -2.32. The first-order chi connectivity index (χ1) is 6.77. The standard InChI is InChI=1S/C13H25N/c1-11(2)14(13-8-9-13)10-12-6-4-3-5-7-12/h11-13H,3-10H2,1-2H3. The second kappa shape index (κ2) is 4.65. The van der Waals surface area contributed by atoms with Crippen LogP contribution in [-0.2, 0) is 0 Å². The minimum Gasteiger partial charge on any atom is -0.298 e. The molecule has 0 aliphatic heterocycles. The Kier molecular flexibility index (Phi) is 3.48. The van der Waals surface area contributed by atoms with Crippen LogP contribution in [0.5, 0.6) is 0 Å². The maximum absolute atomic E-state index is 2.76. The summed E-state index contributed by atoms with van der Waals surface area (Å²) < 4.78 is 0. The monoisotopic (exact) mass is 195 g/mol. The van der Waals surface area contributed by atoms with Crippen molar-refractivity contribution in [1.82, 2.24) is 4.90 Å². The van der Waals surface area contributed by atoms with Crippen molar-refractivity contribution in [2.75, 3.05) is 6.54 Å². The number of hydrogen-bond donors (Lipinski definition) is 0. The van der Waals surface area contributed by atoms with Gasteiger partial charge < -0.3 is 0 Å². The second-order valence-electron chi connectivity index (χ2n) is 5.53. The molecular formula is C13H25N. The van der Waals surface area contributed by atoms with Gasteiger partial charge in [0.1, 0.15) is 0 Å². The van der Waals surface area contributed by atoms with Crippen LogP contribution >= 0.6 is 0 Å². The number of nitrogens with zero attached hydrogens (tertiary/aromatic N) is 1. The minimum absolute atomic E-state index is 0.768. The van der Waals surface area contributed by atoms with Gasteiger partial charge in [0.2, 0.25) is 0 Å². The molecule has 0 heterocycles. The highest BCUT2D eigenvalue weighted by Gasteiger charge is 2.32. The van der Waals surface area contributed by atoms with Crippen molar-refractivity contribution in [3.8, 4) is 0 Å². The van der Waals surface area contributed by atoms with E-state index in [1.165, 1.54) is 51.5 Å². The zero-order chi connectivity index (χ0) is 9.97. The molecule has 0 radical (unpaired) electrons. The van der Waals surface area contributed by atoms with E-state index in [2.05, 4.69) is 18.7 Å². The van der Waals surface area contributed by atoms with Gasteiger partial charge in [0.05, 0.1) is 0 Å². The Morgan fingerprint density at radius 3 is 2.14 bits per heavy atom. The molecule has 0 saturated heterocycles. The van der Waals surface area contributed by atoms with Gasteiger partial charge in [-0.25, -0.2) is 0 Å². The normalized spacial score (nSPS) is 24.9. The molecule has 0 aromatic heterocycles. The van der Waals surface area contributed by atoms with Crippen LogP contribution < -0.4 is 0 Å². The highest BCUT2D eigenvalue weighted by molar-refractivity contribution is 4.87. The van der Waals surface area contributed by atoms with Gasteiger partial charge in [0.15, 0.2) is 0 Å². The van der Waals surface area contributed by atoms with Crippen molar-refractivity contribution in [1.29, 1.82) is 0 Å². The minimum atomic E-state index is 0.768. The van der Waals surface area contributed by atoms with Gasteiger partial charge in [-0.2, -0.15) is 0 Å². The van der Waals surface area contributed by atoms with E-state index in [-0.39, 0.29) is 0 Å². The maximum atomic E-state index is 2.76. The Labute approximate surface area is 88.9 Å². The van der Waals surface area contributed by atoms with Crippen LogP contribution in [-0.4, -0.2) is 23.5 Å². The molecule has 0 N–H and O–H groups in total. The predicted octanol–water partition coefficient (Wildman–Crippen LogP) is 3.44. The lowest BCUT2D eigenvalue weighted by Crippen LogP contribution is -2.37. The predicted molar refractivity (Wildman–Crippen MR) is 61.4 cm³/mol. The molecule has 0 aromatic carbocycles. The molecule has 1 nitrogen and oxygen atoms in total. The van der Waals surface area contributed by atoms with Crippen LogP contribution in [0.3, 0.4) is 0 Å². The summed E-state index contributed by atoms with van der Waals surface area (Å²) in [5.74, 6) is 1.02. The van der Waals surface area contributed by atoms with E-state index in [0.29, 0.717) is 0 Å². The lowest BCUT2D eigenvalue weighted by atomic mass is 9.88. The molecule has 2 aliphatic rings. The van der Waals surface area contributed by atoms with E-state index in [9.17, 15) is 0 Å². The first-order valence-corrected chi connectivity index (χ1v) is 6.53. The molecule has 1 heteroatoms. The molecule has 0 atom stereocenters. The van der Waals surface area contributed by atoms with Crippen molar-refractivity contribution in [2.45, 2.75) is 70.9 Å².